The van der Waals surface area contributed by atoms with Crippen molar-refractivity contribution in [1.29, 1.82) is 0 Å². The van der Waals surface area contributed by atoms with Crippen LogP contribution in [0.4, 0.5) is 0 Å². The minimum Gasteiger partial charge on any atom is -0.381 e. The average molecular weight is 282 g/mol. The van der Waals surface area contributed by atoms with Gasteiger partial charge in [-0.3, -0.25) is 4.90 Å². The van der Waals surface area contributed by atoms with Crippen molar-refractivity contribution < 1.29 is 4.74 Å². The highest BCUT2D eigenvalue weighted by Gasteiger charge is 2.38. The smallest absolute Gasteiger partial charge is 0.0506 e. The van der Waals surface area contributed by atoms with Crippen LogP contribution in [0.1, 0.15) is 58.8 Å². The van der Waals surface area contributed by atoms with E-state index in [0.29, 0.717) is 11.3 Å². The number of likely N-dealkylation sites (N-methyl/N-ethyl adjacent to an activating group) is 1. The fourth-order valence-electron chi connectivity index (χ4n) is 3.99. The molecule has 20 heavy (non-hydrogen) atoms. The zero-order valence-corrected chi connectivity index (χ0v) is 13.8. The number of nitrogens with two attached hydrogens (primary N) is 1. The lowest BCUT2D eigenvalue weighted by molar-refractivity contribution is 0.0157. The van der Waals surface area contributed by atoms with Crippen molar-refractivity contribution in [3.05, 3.63) is 0 Å². The number of ether oxygens (including phenoxy) is 1. The van der Waals surface area contributed by atoms with Gasteiger partial charge >= 0.3 is 0 Å². The van der Waals surface area contributed by atoms with Crippen molar-refractivity contribution in [2.24, 2.45) is 17.1 Å². The largest absolute Gasteiger partial charge is 0.381 e. The van der Waals surface area contributed by atoms with E-state index in [1.165, 1.54) is 44.9 Å². The van der Waals surface area contributed by atoms with Gasteiger partial charge in [-0.1, -0.05) is 20.3 Å². The van der Waals surface area contributed by atoms with Crippen LogP contribution in [0.25, 0.3) is 0 Å². The van der Waals surface area contributed by atoms with Crippen LogP contribution in [0.5, 0.6) is 0 Å². The van der Waals surface area contributed by atoms with Crippen molar-refractivity contribution in [2.45, 2.75) is 64.3 Å². The Kier molecular flexibility index (Phi) is 5.49. The van der Waals surface area contributed by atoms with E-state index >= 15 is 0 Å². The van der Waals surface area contributed by atoms with E-state index < -0.39 is 0 Å². The Labute approximate surface area is 125 Å². The summed E-state index contributed by atoms with van der Waals surface area (Å²) in [6.07, 6.45) is 9.01. The first kappa shape index (κ1) is 16.3. The summed E-state index contributed by atoms with van der Waals surface area (Å²) in [5.74, 6) is 0.702. The molecule has 2 aliphatic rings. The van der Waals surface area contributed by atoms with Crippen LogP contribution >= 0.6 is 0 Å². The third-order valence-electron chi connectivity index (χ3n) is 5.74. The Morgan fingerprint density at radius 3 is 2.60 bits per heavy atom. The standard InChI is InChI=1S/C17H34N2O/c1-16(2)7-5-8-17(14-18,10-9-16)19(3)12-15-6-4-11-20-13-15/h15H,4-14,18H2,1-3H3. The lowest BCUT2D eigenvalue weighted by atomic mass is 9.82. The highest BCUT2D eigenvalue weighted by Crippen LogP contribution is 2.40. The summed E-state index contributed by atoms with van der Waals surface area (Å²) in [7, 11) is 2.29. The van der Waals surface area contributed by atoms with Crippen LogP contribution < -0.4 is 5.73 Å². The van der Waals surface area contributed by atoms with E-state index in [9.17, 15) is 0 Å². The summed E-state index contributed by atoms with van der Waals surface area (Å²) in [5, 5.41) is 0. The molecule has 1 aliphatic heterocycles. The third-order valence-corrected chi connectivity index (χ3v) is 5.74. The zero-order chi connectivity index (χ0) is 14.6. The molecule has 1 heterocycles. The lowest BCUT2D eigenvalue weighted by Crippen LogP contribution is -2.53. The minimum atomic E-state index is 0.227. The highest BCUT2D eigenvalue weighted by atomic mass is 16.5. The molecule has 2 unspecified atom stereocenters. The summed E-state index contributed by atoms with van der Waals surface area (Å²) in [5.41, 5.74) is 6.95. The monoisotopic (exact) mass is 282 g/mol. The zero-order valence-electron chi connectivity index (χ0n) is 13.8. The second-order valence-corrected chi connectivity index (χ2v) is 7.91. The molecule has 0 spiro atoms. The molecule has 0 aromatic carbocycles. The number of hydrogen-bond donors (Lipinski definition) is 1. The molecule has 0 amide bonds. The maximum Gasteiger partial charge on any atom is 0.0506 e. The lowest BCUT2D eigenvalue weighted by Gasteiger charge is -2.43. The maximum absolute atomic E-state index is 6.23. The van der Waals surface area contributed by atoms with E-state index in [-0.39, 0.29) is 5.54 Å². The fraction of sp³-hybridized carbons (Fsp3) is 1.00. The minimum absolute atomic E-state index is 0.227. The summed E-state index contributed by atoms with van der Waals surface area (Å²) < 4.78 is 5.64. The van der Waals surface area contributed by atoms with Crippen LogP contribution in [-0.2, 0) is 4.74 Å². The highest BCUT2D eigenvalue weighted by molar-refractivity contribution is 4.95. The Hall–Kier alpha value is -0.120. The molecule has 2 atom stereocenters. The van der Waals surface area contributed by atoms with Crippen molar-refractivity contribution in [2.75, 3.05) is 33.4 Å². The summed E-state index contributed by atoms with van der Waals surface area (Å²) in [6.45, 7) is 8.67. The average Bonchev–Trinajstić information content (AvgIpc) is 2.59. The van der Waals surface area contributed by atoms with Crippen molar-refractivity contribution in [3.8, 4) is 0 Å². The molecule has 2 rings (SSSR count). The normalized spacial score (nSPS) is 35.0. The van der Waals surface area contributed by atoms with E-state index in [2.05, 4.69) is 25.8 Å². The Balaban J connectivity index is 1.97. The van der Waals surface area contributed by atoms with E-state index in [4.69, 9.17) is 10.5 Å². The van der Waals surface area contributed by atoms with E-state index in [1.807, 2.05) is 0 Å². The SMILES string of the molecule is CN(CC1CCCOC1)C1(CN)CCCC(C)(C)CC1. The van der Waals surface area contributed by atoms with Gasteiger partial charge in [0.05, 0.1) is 6.61 Å². The van der Waals surface area contributed by atoms with Gasteiger partial charge in [0.2, 0.25) is 0 Å². The van der Waals surface area contributed by atoms with E-state index in [0.717, 1.165) is 26.3 Å². The summed E-state index contributed by atoms with van der Waals surface area (Å²) in [6, 6.07) is 0. The van der Waals surface area contributed by atoms with Crippen LogP contribution in [0.3, 0.4) is 0 Å². The van der Waals surface area contributed by atoms with Gasteiger partial charge in [-0.05, 0) is 56.9 Å². The van der Waals surface area contributed by atoms with Gasteiger partial charge in [-0.25, -0.2) is 0 Å². The second-order valence-electron chi connectivity index (χ2n) is 7.91. The van der Waals surface area contributed by atoms with Gasteiger partial charge in [0.15, 0.2) is 0 Å². The molecule has 0 aromatic rings. The van der Waals surface area contributed by atoms with Gasteiger partial charge in [0, 0.05) is 25.2 Å². The first-order valence-electron chi connectivity index (χ1n) is 8.47. The van der Waals surface area contributed by atoms with Gasteiger partial charge in [-0.15, -0.1) is 0 Å². The first-order valence-corrected chi connectivity index (χ1v) is 8.47. The Morgan fingerprint density at radius 1 is 1.15 bits per heavy atom. The molecular formula is C17H34N2O. The van der Waals surface area contributed by atoms with Crippen LogP contribution in [0.15, 0.2) is 0 Å². The molecule has 3 heteroatoms. The molecule has 1 aliphatic carbocycles. The maximum atomic E-state index is 6.23. The van der Waals surface area contributed by atoms with Crippen molar-refractivity contribution >= 4 is 0 Å². The molecule has 2 fully saturated rings. The Morgan fingerprint density at radius 2 is 1.95 bits per heavy atom. The van der Waals surface area contributed by atoms with Crippen LogP contribution in [-0.4, -0.2) is 43.8 Å². The third kappa shape index (κ3) is 3.96. The van der Waals surface area contributed by atoms with Crippen molar-refractivity contribution in [1.82, 2.24) is 4.90 Å². The Bertz CT molecular complexity index is 299. The second kappa shape index (κ2) is 6.76. The predicted molar refractivity (Wildman–Crippen MR) is 84.8 cm³/mol. The predicted octanol–water partition coefficient (Wildman–Crippen LogP) is 3.03. The van der Waals surface area contributed by atoms with Gasteiger partial charge in [-0.2, -0.15) is 0 Å². The van der Waals surface area contributed by atoms with Gasteiger partial charge in [0.1, 0.15) is 0 Å². The molecule has 3 nitrogen and oxygen atoms in total. The molecular weight excluding hydrogens is 248 g/mol. The number of rotatable bonds is 4. The number of hydrogen-bond acceptors (Lipinski definition) is 3. The fourth-order valence-corrected chi connectivity index (χ4v) is 3.99. The molecule has 2 N–H and O–H groups in total. The summed E-state index contributed by atoms with van der Waals surface area (Å²) >= 11 is 0. The summed E-state index contributed by atoms with van der Waals surface area (Å²) in [4.78, 5) is 2.58. The van der Waals surface area contributed by atoms with Crippen LogP contribution in [0.2, 0.25) is 0 Å². The molecule has 0 bridgehead atoms. The van der Waals surface area contributed by atoms with Gasteiger partial charge < -0.3 is 10.5 Å². The quantitative estimate of drug-likeness (QED) is 0.806. The van der Waals surface area contributed by atoms with E-state index in [1.54, 1.807) is 0 Å². The number of nitrogens with zero attached hydrogens (tertiary/aromatic N) is 1. The molecule has 0 aromatic heterocycles. The molecule has 1 saturated carbocycles. The molecule has 118 valence electrons. The first-order chi connectivity index (χ1) is 9.47. The van der Waals surface area contributed by atoms with Gasteiger partial charge in [0.25, 0.3) is 0 Å². The van der Waals surface area contributed by atoms with Crippen molar-refractivity contribution in [3.63, 3.8) is 0 Å². The topological polar surface area (TPSA) is 38.5 Å². The molecule has 0 radical (unpaired) electrons. The molecule has 1 saturated heterocycles. The van der Waals surface area contributed by atoms with Crippen LogP contribution in [0, 0.1) is 11.3 Å².